The molecule has 1 aromatic rings. The Labute approximate surface area is 123 Å². The standard InChI is InChI=1S/C17H29NO2/c1-6-19-15-10-11-17(20-7-2)16(12-15)18-14(5)9-8-13(3)4/h10-14,18H,6-9H2,1-5H3. The average Bonchev–Trinajstić information content (AvgIpc) is 2.40. The summed E-state index contributed by atoms with van der Waals surface area (Å²) in [5.74, 6) is 2.52. The van der Waals surface area contributed by atoms with E-state index in [0.29, 0.717) is 19.3 Å². The summed E-state index contributed by atoms with van der Waals surface area (Å²) in [5, 5.41) is 3.54. The third kappa shape index (κ3) is 5.72. The van der Waals surface area contributed by atoms with Crippen LogP contribution in [0.5, 0.6) is 11.5 Å². The minimum Gasteiger partial charge on any atom is -0.494 e. The molecule has 0 amide bonds. The molecule has 20 heavy (non-hydrogen) atoms. The Morgan fingerprint density at radius 3 is 2.30 bits per heavy atom. The fourth-order valence-corrected chi connectivity index (χ4v) is 2.08. The molecule has 3 heteroatoms. The van der Waals surface area contributed by atoms with Gasteiger partial charge in [0.2, 0.25) is 0 Å². The van der Waals surface area contributed by atoms with Crippen molar-refractivity contribution in [2.75, 3.05) is 18.5 Å². The zero-order valence-electron chi connectivity index (χ0n) is 13.5. The predicted octanol–water partition coefficient (Wildman–Crippen LogP) is 4.72. The van der Waals surface area contributed by atoms with Gasteiger partial charge in [0.15, 0.2) is 0 Å². The van der Waals surface area contributed by atoms with E-state index in [1.807, 2.05) is 32.0 Å². The van der Waals surface area contributed by atoms with Crippen LogP contribution in [-0.2, 0) is 0 Å². The van der Waals surface area contributed by atoms with E-state index < -0.39 is 0 Å². The van der Waals surface area contributed by atoms with Crippen LogP contribution in [0.15, 0.2) is 18.2 Å². The van der Waals surface area contributed by atoms with Gasteiger partial charge in [0.25, 0.3) is 0 Å². The summed E-state index contributed by atoms with van der Waals surface area (Å²) in [6.45, 7) is 12.1. The van der Waals surface area contributed by atoms with Gasteiger partial charge < -0.3 is 14.8 Å². The Kier molecular flexibility index (Phi) is 7.27. The Balaban J connectivity index is 2.75. The lowest BCUT2D eigenvalue weighted by Gasteiger charge is -2.19. The molecule has 0 aliphatic carbocycles. The first-order chi connectivity index (χ1) is 9.56. The summed E-state index contributed by atoms with van der Waals surface area (Å²) in [6, 6.07) is 6.39. The van der Waals surface area contributed by atoms with Crippen LogP contribution in [0.2, 0.25) is 0 Å². The Hall–Kier alpha value is -1.38. The Morgan fingerprint density at radius 2 is 1.70 bits per heavy atom. The van der Waals surface area contributed by atoms with E-state index in [9.17, 15) is 0 Å². The molecule has 1 atom stereocenters. The smallest absolute Gasteiger partial charge is 0.142 e. The largest absolute Gasteiger partial charge is 0.494 e. The van der Waals surface area contributed by atoms with E-state index in [2.05, 4.69) is 26.1 Å². The number of nitrogens with one attached hydrogen (secondary N) is 1. The van der Waals surface area contributed by atoms with Crippen molar-refractivity contribution in [3.63, 3.8) is 0 Å². The van der Waals surface area contributed by atoms with Gasteiger partial charge in [-0.2, -0.15) is 0 Å². The zero-order chi connectivity index (χ0) is 15.0. The molecule has 1 rings (SSSR count). The molecule has 114 valence electrons. The molecule has 0 heterocycles. The number of ether oxygens (including phenoxy) is 2. The fraction of sp³-hybridized carbons (Fsp3) is 0.647. The monoisotopic (exact) mass is 279 g/mol. The summed E-state index contributed by atoms with van der Waals surface area (Å²) in [5.41, 5.74) is 1.02. The van der Waals surface area contributed by atoms with Crippen LogP contribution in [0.3, 0.4) is 0 Å². The minimum absolute atomic E-state index is 0.425. The number of hydrogen-bond donors (Lipinski definition) is 1. The summed E-state index contributed by atoms with van der Waals surface area (Å²) < 4.78 is 11.2. The van der Waals surface area contributed by atoms with E-state index in [1.165, 1.54) is 6.42 Å². The van der Waals surface area contributed by atoms with Crippen molar-refractivity contribution in [3.8, 4) is 11.5 Å². The number of anilines is 1. The molecule has 1 unspecified atom stereocenters. The molecule has 0 saturated heterocycles. The molecule has 0 aliphatic rings. The molecule has 0 aliphatic heterocycles. The van der Waals surface area contributed by atoms with Crippen molar-refractivity contribution in [1.82, 2.24) is 0 Å². The molecule has 0 bridgehead atoms. The third-order valence-electron chi connectivity index (χ3n) is 3.14. The maximum Gasteiger partial charge on any atom is 0.142 e. The van der Waals surface area contributed by atoms with E-state index >= 15 is 0 Å². The predicted molar refractivity (Wildman–Crippen MR) is 85.9 cm³/mol. The Morgan fingerprint density at radius 1 is 1.00 bits per heavy atom. The molecule has 3 nitrogen and oxygen atoms in total. The highest BCUT2D eigenvalue weighted by atomic mass is 16.5. The van der Waals surface area contributed by atoms with Crippen LogP contribution in [0, 0.1) is 5.92 Å². The van der Waals surface area contributed by atoms with Crippen molar-refractivity contribution in [3.05, 3.63) is 18.2 Å². The van der Waals surface area contributed by atoms with Crippen molar-refractivity contribution in [2.24, 2.45) is 5.92 Å². The van der Waals surface area contributed by atoms with Gasteiger partial charge in [-0.25, -0.2) is 0 Å². The molecule has 0 spiro atoms. The lowest BCUT2D eigenvalue weighted by atomic mass is 10.0. The van der Waals surface area contributed by atoms with Gasteiger partial charge in [-0.3, -0.25) is 0 Å². The second-order valence-corrected chi connectivity index (χ2v) is 5.54. The first kappa shape index (κ1) is 16.7. The van der Waals surface area contributed by atoms with Crippen molar-refractivity contribution in [1.29, 1.82) is 0 Å². The molecule has 0 aromatic heterocycles. The quantitative estimate of drug-likeness (QED) is 0.709. The first-order valence-corrected chi connectivity index (χ1v) is 7.73. The molecule has 1 aromatic carbocycles. The first-order valence-electron chi connectivity index (χ1n) is 7.73. The highest BCUT2D eigenvalue weighted by molar-refractivity contribution is 5.60. The van der Waals surface area contributed by atoms with Crippen molar-refractivity contribution in [2.45, 2.75) is 53.5 Å². The van der Waals surface area contributed by atoms with Gasteiger partial charge >= 0.3 is 0 Å². The Bertz CT molecular complexity index is 391. The number of hydrogen-bond acceptors (Lipinski definition) is 3. The van der Waals surface area contributed by atoms with Gasteiger partial charge in [0, 0.05) is 12.1 Å². The topological polar surface area (TPSA) is 30.5 Å². The maximum absolute atomic E-state index is 5.68. The summed E-state index contributed by atoms with van der Waals surface area (Å²) in [6.07, 6.45) is 2.38. The number of rotatable bonds is 9. The fourth-order valence-electron chi connectivity index (χ4n) is 2.08. The molecular weight excluding hydrogens is 250 g/mol. The van der Waals surface area contributed by atoms with Crippen LogP contribution in [0.25, 0.3) is 0 Å². The SMILES string of the molecule is CCOc1ccc(OCC)c(NC(C)CCC(C)C)c1. The summed E-state index contributed by atoms with van der Waals surface area (Å²) >= 11 is 0. The lowest BCUT2D eigenvalue weighted by molar-refractivity contribution is 0.331. The lowest BCUT2D eigenvalue weighted by Crippen LogP contribution is -2.16. The van der Waals surface area contributed by atoms with E-state index in [4.69, 9.17) is 9.47 Å². The van der Waals surface area contributed by atoms with E-state index in [-0.39, 0.29) is 0 Å². The van der Waals surface area contributed by atoms with Gasteiger partial charge in [-0.15, -0.1) is 0 Å². The minimum atomic E-state index is 0.425. The van der Waals surface area contributed by atoms with Crippen LogP contribution in [0.1, 0.15) is 47.5 Å². The second-order valence-electron chi connectivity index (χ2n) is 5.54. The van der Waals surface area contributed by atoms with E-state index in [0.717, 1.165) is 29.5 Å². The highest BCUT2D eigenvalue weighted by Crippen LogP contribution is 2.30. The van der Waals surface area contributed by atoms with Crippen molar-refractivity contribution < 1.29 is 9.47 Å². The summed E-state index contributed by atoms with van der Waals surface area (Å²) in [4.78, 5) is 0. The molecule has 0 radical (unpaired) electrons. The molecular formula is C17H29NO2. The van der Waals surface area contributed by atoms with Crippen molar-refractivity contribution >= 4 is 5.69 Å². The average molecular weight is 279 g/mol. The van der Waals surface area contributed by atoms with Gasteiger partial charge in [0.05, 0.1) is 18.9 Å². The van der Waals surface area contributed by atoms with E-state index in [1.54, 1.807) is 0 Å². The molecule has 0 saturated carbocycles. The van der Waals surface area contributed by atoms with Crippen LogP contribution in [0.4, 0.5) is 5.69 Å². The molecule has 1 N–H and O–H groups in total. The third-order valence-corrected chi connectivity index (χ3v) is 3.14. The van der Waals surface area contributed by atoms with Crippen LogP contribution < -0.4 is 14.8 Å². The number of benzene rings is 1. The normalized spacial score (nSPS) is 12.3. The summed E-state index contributed by atoms with van der Waals surface area (Å²) in [7, 11) is 0. The van der Waals surface area contributed by atoms with Gasteiger partial charge in [-0.1, -0.05) is 13.8 Å². The highest BCUT2D eigenvalue weighted by Gasteiger charge is 2.10. The zero-order valence-corrected chi connectivity index (χ0v) is 13.5. The van der Waals surface area contributed by atoms with Crippen LogP contribution >= 0.6 is 0 Å². The van der Waals surface area contributed by atoms with Crippen LogP contribution in [-0.4, -0.2) is 19.3 Å². The van der Waals surface area contributed by atoms with Gasteiger partial charge in [0.1, 0.15) is 11.5 Å². The maximum atomic E-state index is 5.68. The molecule has 0 fully saturated rings. The van der Waals surface area contributed by atoms with Gasteiger partial charge in [-0.05, 0) is 51.7 Å². The second kappa shape index (κ2) is 8.72.